The summed E-state index contributed by atoms with van der Waals surface area (Å²) in [6.07, 6.45) is 4.69. The van der Waals surface area contributed by atoms with Crippen molar-refractivity contribution in [3.63, 3.8) is 0 Å². The Hall–Kier alpha value is -1.61. The van der Waals surface area contributed by atoms with Crippen LogP contribution in [0, 0.1) is 11.8 Å². The molecule has 4 saturated heterocycles. The molecule has 6 nitrogen and oxygen atoms in total. The number of carbonyl (C=O) groups is 2. The third-order valence-electron chi connectivity index (χ3n) is 7.01. The van der Waals surface area contributed by atoms with Crippen LogP contribution >= 0.6 is 11.3 Å². The molecule has 5 rings (SSSR count). The van der Waals surface area contributed by atoms with Gasteiger partial charge in [-0.2, -0.15) is 0 Å². The van der Waals surface area contributed by atoms with Gasteiger partial charge >= 0.3 is 0 Å². The molecule has 0 unspecified atom stereocenters. The molecular formula is C20H26F2N4O2S. The van der Waals surface area contributed by atoms with E-state index in [1.807, 2.05) is 16.6 Å². The van der Waals surface area contributed by atoms with E-state index in [1.54, 1.807) is 11.3 Å². The Kier molecular flexibility index (Phi) is 4.85. The van der Waals surface area contributed by atoms with Crippen LogP contribution in [0.4, 0.5) is 8.78 Å². The van der Waals surface area contributed by atoms with Gasteiger partial charge in [0.2, 0.25) is 11.8 Å². The van der Waals surface area contributed by atoms with Crippen molar-refractivity contribution in [2.45, 2.75) is 56.7 Å². The highest BCUT2D eigenvalue weighted by Gasteiger charge is 2.54. The summed E-state index contributed by atoms with van der Waals surface area (Å²) in [4.78, 5) is 37.0. The van der Waals surface area contributed by atoms with Gasteiger partial charge in [0.05, 0.1) is 12.1 Å². The zero-order chi connectivity index (χ0) is 20.2. The monoisotopic (exact) mass is 424 g/mol. The Morgan fingerprint density at radius 2 is 2.14 bits per heavy atom. The predicted molar refractivity (Wildman–Crippen MR) is 103 cm³/mol. The van der Waals surface area contributed by atoms with Gasteiger partial charge in [-0.15, -0.1) is 11.3 Å². The summed E-state index contributed by atoms with van der Waals surface area (Å²) in [5.74, 6) is -2.72. The molecule has 1 aromatic rings. The molecule has 158 valence electrons. The lowest BCUT2D eigenvalue weighted by Gasteiger charge is -2.56. The van der Waals surface area contributed by atoms with Crippen molar-refractivity contribution < 1.29 is 18.4 Å². The van der Waals surface area contributed by atoms with Gasteiger partial charge in [0.15, 0.2) is 0 Å². The Morgan fingerprint density at radius 3 is 2.86 bits per heavy atom. The highest BCUT2D eigenvalue weighted by Crippen LogP contribution is 2.43. The van der Waals surface area contributed by atoms with E-state index >= 15 is 0 Å². The second-order valence-electron chi connectivity index (χ2n) is 8.99. The van der Waals surface area contributed by atoms with Gasteiger partial charge in [-0.05, 0) is 25.2 Å². The number of piperidine rings is 3. The smallest absolute Gasteiger partial charge is 0.267 e. The summed E-state index contributed by atoms with van der Waals surface area (Å²) in [5, 5.41) is 0. The van der Waals surface area contributed by atoms with E-state index in [0.717, 1.165) is 32.4 Å². The lowest BCUT2D eigenvalue weighted by atomic mass is 9.71. The third-order valence-corrected chi connectivity index (χ3v) is 7.78. The zero-order valence-electron chi connectivity index (χ0n) is 16.3. The third kappa shape index (κ3) is 3.56. The number of hydrogen-bond donors (Lipinski definition) is 0. The molecule has 4 atom stereocenters. The Labute approximate surface area is 172 Å². The SMILES string of the molecule is O=C([C@H]1[C@@H]2C[C@@H](CN(Cc3cncs3)C2)[C@@H]2CCCC(=O)N21)N1CCC(F)(F)C1. The first-order chi connectivity index (χ1) is 13.9. The molecule has 2 amide bonds. The molecule has 0 saturated carbocycles. The predicted octanol–water partition coefficient (Wildman–Crippen LogP) is 2.21. The van der Waals surface area contributed by atoms with Crippen LogP contribution in [-0.4, -0.2) is 75.7 Å². The fourth-order valence-corrected chi connectivity index (χ4v) is 6.49. The summed E-state index contributed by atoms with van der Waals surface area (Å²) >= 11 is 1.62. The molecule has 0 N–H and O–H groups in total. The molecule has 0 aliphatic carbocycles. The molecule has 29 heavy (non-hydrogen) atoms. The average molecular weight is 425 g/mol. The number of thiazole rings is 1. The number of hydrogen-bond acceptors (Lipinski definition) is 5. The van der Waals surface area contributed by atoms with Crippen molar-refractivity contribution in [2.75, 3.05) is 26.2 Å². The molecule has 9 heteroatoms. The van der Waals surface area contributed by atoms with Crippen LogP contribution in [0.25, 0.3) is 0 Å². The maximum atomic E-state index is 13.8. The molecule has 1 aromatic heterocycles. The second-order valence-corrected chi connectivity index (χ2v) is 9.96. The molecular weight excluding hydrogens is 398 g/mol. The van der Waals surface area contributed by atoms with Gasteiger partial charge in [-0.1, -0.05) is 0 Å². The number of amides is 2. The Balaban J connectivity index is 1.41. The van der Waals surface area contributed by atoms with E-state index in [4.69, 9.17) is 0 Å². The Morgan fingerprint density at radius 1 is 1.31 bits per heavy atom. The molecule has 2 bridgehead atoms. The van der Waals surface area contributed by atoms with Crippen LogP contribution in [0.1, 0.15) is 37.0 Å². The van der Waals surface area contributed by atoms with Gasteiger partial charge in [0.25, 0.3) is 5.92 Å². The van der Waals surface area contributed by atoms with Crippen molar-refractivity contribution >= 4 is 23.2 Å². The summed E-state index contributed by atoms with van der Waals surface area (Å²) in [6, 6.07) is -0.545. The lowest BCUT2D eigenvalue weighted by Crippen LogP contribution is -2.68. The van der Waals surface area contributed by atoms with Crippen LogP contribution in [0.15, 0.2) is 11.7 Å². The van der Waals surface area contributed by atoms with Crippen molar-refractivity contribution in [3.8, 4) is 0 Å². The fourth-order valence-electron chi connectivity index (χ4n) is 5.85. The summed E-state index contributed by atoms with van der Waals surface area (Å²) in [6.45, 7) is 1.98. The van der Waals surface area contributed by atoms with E-state index in [1.165, 1.54) is 9.78 Å². The van der Waals surface area contributed by atoms with Crippen molar-refractivity contribution in [3.05, 3.63) is 16.6 Å². The van der Waals surface area contributed by atoms with Crippen LogP contribution in [0.5, 0.6) is 0 Å². The molecule has 4 aliphatic heterocycles. The minimum atomic E-state index is -2.82. The van der Waals surface area contributed by atoms with Gasteiger partial charge in [-0.25, -0.2) is 8.78 Å². The number of nitrogens with zero attached hydrogens (tertiary/aromatic N) is 4. The molecule has 4 fully saturated rings. The summed E-state index contributed by atoms with van der Waals surface area (Å²) < 4.78 is 27.5. The van der Waals surface area contributed by atoms with Crippen LogP contribution in [-0.2, 0) is 16.1 Å². The van der Waals surface area contributed by atoms with Crippen LogP contribution in [0.3, 0.4) is 0 Å². The van der Waals surface area contributed by atoms with Gasteiger partial charge < -0.3 is 9.80 Å². The maximum absolute atomic E-state index is 13.8. The number of rotatable bonds is 3. The number of alkyl halides is 2. The van der Waals surface area contributed by atoms with E-state index in [0.29, 0.717) is 18.9 Å². The van der Waals surface area contributed by atoms with Crippen LogP contribution in [0.2, 0.25) is 0 Å². The molecule has 4 aliphatic rings. The van der Waals surface area contributed by atoms with Crippen molar-refractivity contribution in [1.29, 1.82) is 0 Å². The normalized spacial score (nSPS) is 34.3. The van der Waals surface area contributed by atoms with E-state index < -0.39 is 18.5 Å². The zero-order valence-corrected chi connectivity index (χ0v) is 17.1. The summed E-state index contributed by atoms with van der Waals surface area (Å²) in [5.41, 5.74) is 1.82. The molecule has 0 radical (unpaired) electrons. The standard InChI is InChI=1S/C20H26F2N4O2S/c21-20(22)4-5-25(11-20)19(28)18-14-6-13(16-2-1-3-17(27)26(16)18)8-24(9-14)10-15-7-23-12-29-15/h7,12-14,16,18H,1-6,8-11H2/t13-,14+,16-,18+/m0/s1. The first-order valence-corrected chi connectivity index (χ1v) is 11.4. The second kappa shape index (κ2) is 7.27. The van der Waals surface area contributed by atoms with E-state index in [9.17, 15) is 18.4 Å². The first-order valence-electron chi connectivity index (χ1n) is 10.5. The molecule has 0 aromatic carbocycles. The van der Waals surface area contributed by atoms with Gasteiger partial charge in [-0.3, -0.25) is 19.5 Å². The number of carbonyl (C=O) groups excluding carboxylic acids is 2. The minimum Gasteiger partial charge on any atom is -0.335 e. The number of halogens is 2. The van der Waals surface area contributed by atoms with Gasteiger partial charge in [0.1, 0.15) is 6.04 Å². The van der Waals surface area contributed by atoms with Crippen molar-refractivity contribution in [1.82, 2.24) is 19.7 Å². The fraction of sp³-hybridized carbons (Fsp3) is 0.750. The Bertz CT molecular complexity index is 789. The topological polar surface area (TPSA) is 56.8 Å². The summed E-state index contributed by atoms with van der Waals surface area (Å²) in [7, 11) is 0. The van der Waals surface area contributed by atoms with Crippen molar-refractivity contribution in [2.24, 2.45) is 11.8 Å². The number of likely N-dealkylation sites (tertiary alicyclic amines) is 2. The first kappa shape index (κ1) is 19.4. The molecule has 0 spiro atoms. The van der Waals surface area contributed by atoms with Crippen LogP contribution < -0.4 is 0 Å². The average Bonchev–Trinajstić information content (AvgIpc) is 3.31. The largest absolute Gasteiger partial charge is 0.335 e. The van der Waals surface area contributed by atoms with E-state index in [-0.39, 0.29) is 36.7 Å². The highest BCUT2D eigenvalue weighted by atomic mass is 32.1. The maximum Gasteiger partial charge on any atom is 0.267 e. The molecule has 5 heterocycles. The van der Waals surface area contributed by atoms with E-state index in [2.05, 4.69) is 9.88 Å². The minimum absolute atomic E-state index is 0.00157. The van der Waals surface area contributed by atoms with Gasteiger partial charge in [0, 0.05) is 62.1 Å². The number of fused-ring (bicyclic) bond motifs is 4. The number of aromatic nitrogens is 1. The lowest BCUT2D eigenvalue weighted by molar-refractivity contribution is -0.165. The quantitative estimate of drug-likeness (QED) is 0.747. The highest BCUT2D eigenvalue weighted by molar-refractivity contribution is 7.09.